The summed E-state index contributed by atoms with van der Waals surface area (Å²) in [6.45, 7) is 2.26. The predicted octanol–water partition coefficient (Wildman–Crippen LogP) is 4.13. The van der Waals surface area contributed by atoms with Crippen LogP contribution in [0.15, 0.2) is 0 Å². The van der Waals surface area contributed by atoms with Crippen LogP contribution in [-0.4, -0.2) is 49.5 Å². The van der Waals surface area contributed by atoms with E-state index in [1.165, 1.54) is 57.8 Å². The first-order valence-corrected chi connectivity index (χ1v) is 16.1. The molecule has 0 unspecified atom stereocenters. The van der Waals surface area contributed by atoms with Gasteiger partial charge >= 0.3 is 121 Å². The Hall–Kier alpha value is 0.469. The molecule has 0 spiro atoms. The third-order valence-electron chi connectivity index (χ3n) is 4.25. The van der Waals surface area contributed by atoms with Gasteiger partial charge in [-0.3, -0.25) is 0 Å². The van der Waals surface area contributed by atoms with Crippen LogP contribution in [0.5, 0.6) is 0 Å². The van der Waals surface area contributed by atoms with E-state index in [1.54, 1.807) is 0 Å². The fraction of sp³-hybridized carbons (Fsp3) is 0.944. The summed E-state index contributed by atoms with van der Waals surface area (Å²) in [7, 11) is 0. The number of carbonyl (C=O) groups is 1. The zero-order valence-corrected chi connectivity index (χ0v) is 18.1. The van der Waals surface area contributed by atoms with E-state index in [-0.39, 0.29) is 12.1 Å². The number of esters is 1. The molecule has 1 rings (SSSR count). The second kappa shape index (κ2) is 14.8. The average Bonchev–Trinajstić information content (AvgIpc) is 2.55. The van der Waals surface area contributed by atoms with E-state index in [9.17, 15) is 9.90 Å². The molecule has 0 aromatic rings. The monoisotopic (exact) mass is 458 g/mol. The average molecular weight is 456 g/mol. The number of aliphatic hydroxyl groups is 1. The summed E-state index contributed by atoms with van der Waals surface area (Å²) in [4.78, 5) is 11.8. The van der Waals surface area contributed by atoms with Crippen LogP contribution < -0.4 is 0 Å². The van der Waals surface area contributed by atoms with E-state index in [4.69, 9.17) is 4.74 Å². The fourth-order valence-corrected chi connectivity index (χ4v) is 9.84. The number of hydrogen-bond acceptors (Lipinski definition) is 3. The summed E-state index contributed by atoms with van der Waals surface area (Å²) in [5, 5.41) is 11.6. The van der Waals surface area contributed by atoms with Gasteiger partial charge in [0.1, 0.15) is 0 Å². The van der Waals surface area contributed by atoms with Crippen molar-refractivity contribution in [3.8, 4) is 0 Å². The molecule has 1 saturated heterocycles. The molecule has 3 nitrogen and oxygen atoms in total. The van der Waals surface area contributed by atoms with Crippen molar-refractivity contribution in [1.82, 2.24) is 0 Å². The molecule has 0 aromatic carbocycles. The van der Waals surface area contributed by atoms with Crippen LogP contribution in [0.25, 0.3) is 0 Å². The zero-order valence-electron chi connectivity index (χ0n) is 14.6. The van der Waals surface area contributed by atoms with Crippen molar-refractivity contribution < 1.29 is 14.6 Å². The third kappa shape index (κ3) is 11.6. The van der Waals surface area contributed by atoms with Gasteiger partial charge in [0.25, 0.3) is 0 Å². The fourth-order valence-electron chi connectivity index (χ4n) is 2.73. The van der Waals surface area contributed by atoms with Gasteiger partial charge in [0, 0.05) is 0 Å². The summed E-state index contributed by atoms with van der Waals surface area (Å²) < 4.78 is 5.43. The standard InChI is InChI=1S/C18H34O3Se2/c1-2-3-4-5-6-7-8-9-10-11-12-13-18(20)21-17-15-23-22-14-16(17)19/h16-17,19H,2-15H2,1H3/t16-,17-/m1/s1. The van der Waals surface area contributed by atoms with E-state index >= 15 is 0 Å². The van der Waals surface area contributed by atoms with Crippen molar-refractivity contribution in [2.75, 3.05) is 0 Å². The number of hydrogen-bond donors (Lipinski definition) is 1. The van der Waals surface area contributed by atoms with Gasteiger partial charge in [0.2, 0.25) is 0 Å². The molecule has 0 aliphatic carbocycles. The molecule has 0 aromatic heterocycles. The van der Waals surface area contributed by atoms with E-state index in [0.29, 0.717) is 32.7 Å². The van der Waals surface area contributed by atoms with Gasteiger partial charge in [-0.15, -0.1) is 0 Å². The second-order valence-electron chi connectivity index (χ2n) is 6.45. The maximum atomic E-state index is 11.8. The number of unbranched alkanes of at least 4 members (excludes halogenated alkanes) is 10. The summed E-state index contributed by atoms with van der Waals surface area (Å²) in [6.07, 6.45) is 14.1. The molecule has 1 heterocycles. The first-order chi connectivity index (χ1) is 11.2. The minimum absolute atomic E-state index is 0.102. The van der Waals surface area contributed by atoms with Crippen LogP contribution >= 0.6 is 0 Å². The maximum absolute atomic E-state index is 11.8. The molecule has 1 aliphatic heterocycles. The molecule has 136 valence electrons. The summed E-state index contributed by atoms with van der Waals surface area (Å²) in [6, 6.07) is 0. The van der Waals surface area contributed by atoms with Crippen LogP contribution in [0.4, 0.5) is 0 Å². The molecular weight excluding hydrogens is 422 g/mol. The SMILES string of the molecule is CCCCCCCCCCCCCC(=O)O[C@@H]1C[Se][Se]C[C@H]1O. The van der Waals surface area contributed by atoms with Crippen LogP contribution in [0.1, 0.15) is 84.0 Å². The molecule has 23 heavy (non-hydrogen) atoms. The van der Waals surface area contributed by atoms with Gasteiger partial charge in [-0.25, -0.2) is 0 Å². The molecule has 0 saturated carbocycles. The minimum atomic E-state index is -0.396. The first-order valence-electron chi connectivity index (χ1n) is 9.36. The van der Waals surface area contributed by atoms with E-state index in [1.807, 2.05) is 0 Å². The van der Waals surface area contributed by atoms with Crippen molar-refractivity contribution >= 4 is 32.2 Å². The molecule has 0 radical (unpaired) electrons. The topological polar surface area (TPSA) is 46.5 Å². The number of ether oxygens (including phenoxy) is 1. The Morgan fingerprint density at radius 1 is 0.913 bits per heavy atom. The molecule has 2 atom stereocenters. The normalized spacial score (nSPS) is 21.3. The zero-order chi connectivity index (χ0) is 16.8. The second-order valence-corrected chi connectivity index (χ2v) is 14.0. The van der Waals surface area contributed by atoms with Crippen molar-refractivity contribution in [1.29, 1.82) is 0 Å². The van der Waals surface area contributed by atoms with Crippen LogP contribution in [-0.2, 0) is 9.53 Å². The molecule has 1 fully saturated rings. The molecule has 1 N–H and O–H groups in total. The molecule has 1 aliphatic rings. The Balaban J connectivity index is 1.86. The summed E-state index contributed by atoms with van der Waals surface area (Å²) >= 11 is 1.21. The van der Waals surface area contributed by atoms with Gasteiger partial charge in [-0.2, -0.15) is 0 Å². The molecular formula is C18H34O3Se2. The van der Waals surface area contributed by atoms with Crippen molar-refractivity contribution in [3.05, 3.63) is 0 Å². The molecule has 0 amide bonds. The summed E-state index contributed by atoms with van der Waals surface area (Å²) in [5.41, 5.74) is 0. The van der Waals surface area contributed by atoms with Gasteiger partial charge in [-0.1, -0.05) is 32.6 Å². The van der Waals surface area contributed by atoms with E-state index in [2.05, 4.69) is 6.92 Å². The predicted molar refractivity (Wildman–Crippen MR) is 98.1 cm³/mol. The molecule has 0 bridgehead atoms. The van der Waals surface area contributed by atoms with Gasteiger partial charge in [0.05, 0.1) is 0 Å². The Bertz CT molecular complexity index is 300. The first kappa shape index (κ1) is 21.5. The van der Waals surface area contributed by atoms with Gasteiger partial charge in [0.15, 0.2) is 0 Å². The number of carbonyl (C=O) groups excluding carboxylic acids is 1. The van der Waals surface area contributed by atoms with Crippen molar-refractivity contribution in [2.24, 2.45) is 0 Å². The van der Waals surface area contributed by atoms with Crippen molar-refractivity contribution in [3.63, 3.8) is 0 Å². The number of rotatable bonds is 13. The summed E-state index contributed by atoms with van der Waals surface area (Å²) in [5.74, 6) is -0.102. The van der Waals surface area contributed by atoms with Crippen LogP contribution in [0.3, 0.4) is 0 Å². The van der Waals surface area contributed by atoms with Gasteiger partial charge in [-0.05, 0) is 0 Å². The van der Waals surface area contributed by atoms with Crippen LogP contribution in [0.2, 0.25) is 10.6 Å². The number of aliphatic hydroxyl groups excluding tert-OH is 1. The quantitative estimate of drug-likeness (QED) is 0.258. The van der Waals surface area contributed by atoms with Crippen LogP contribution in [0, 0.1) is 0 Å². The van der Waals surface area contributed by atoms with E-state index < -0.39 is 6.10 Å². The van der Waals surface area contributed by atoms with Crippen molar-refractivity contribution in [2.45, 2.75) is 107 Å². The Morgan fingerprint density at radius 2 is 1.43 bits per heavy atom. The van der Waals surface area contributed by atoms with E-state index in [0.717, 1.165) is 23.5 Å². The third-order valence-corrected chi connectivity index (χ3v) is 11.4. The Kier molecular flexibility index (Phi) is 13.8. The molecule has 5 heteroatoms. The van der Waals surface area contributed by atoms with Gasteiger partial charge < -0.3 is 0 Å². The Labute approximate surface area is 153 Å². The Morgan fingerprint density at radius 3 is 2.00 bits per heavy atom.